The van der Waals surface area contributed by atoms with Gasteiger partial charge < -0.3 is 11.1 Å². The third-order valence-corrected chi connectivity index (χ3v) is 2.09. The van der Waals surface area contributed by atoms with Crippen molar-refractivity contribution in [3.05, 3.63) is 34.6 Å². The number of nitrogens with one attached hydrogen (secondary N) is 1. The molecule has 0 heterocycles. The van der Waals surface area contributed by atoms with Crippen molar-refractivity contribution in [2.45, 2.75) is 6.04 Å². The molecule has 1 unspecified atom stereocenters. The van der Waals surface area contributed by atoms with E-state index in [0.29, 0.717) is 11.6 Å². The predicted molar refractivity (Wildman–Crippen MR) is 52.3 cm³/mol. The third kappa shape index (κ3) is 2.66. The Bertz CT molecular complexity index is 267. The number of halogens is 2. The average Bonchev–Trinajstić information content (AvgIpc) is 2.04. The smallest absolute Gasteiger partial charge is 0.125 e. The second-order valence-electron chi connectivity index (χ2n) is 2.78. The lowest BCUT2D eigenvalue weighted by Crippen LogP contribution is -2.24. The van der Waals surface area contributed by atoms with Gasteiger partial charge in [0.2, 0.25) is 0 Å². The zero-order chi connectivity index (χ0) is 9.84. The Kier molecular flexibility index (Phi) is 3.66. The highest BCUT2D eigenvalue weighted by Crippen LogP contribution is 2.18. The molecule has 2 nitrogen and oxygen atoms in total. The Morgan fingerprint density at radius 2 is 2.23 bits per heavy atom. The average molecular weight is 203 g/mol. The van der Waals surface area contributed by atoms with Crippen LogP contribution in [0, 0.1) is 5.82 Å². The van der Waals surface area contributed by atoms with Gasteiger partial charge in [-0.1, -0.05) is 11.6 Å². The Balaban J connectivity index is 2.99. The summed E-state index contributed by atoms with van der Waals surface area (Å²) in [6.45, 7) is 0.413. The molecule has 3 N–H and O–H groups in total. The molecule has 0 saturated carbocycles. The lowest BCUT2D eigenvalue weighted by molar-refractivity contribution is 0.587. The molecular weight excluding hydrogens is 191 g/mol. The van der Waals surface area contributed by atoms with E-state index >= 15 is 0 Å². The summed E-state index contributed by atoms with van der Waals surface area (Å²) in [6.07, 6.45) is 0. The second kappa shape index (κ2) is 4.56. The molecule has 0 bridgehead atoms. The number of nitrogens with two attached hydrogens (primary N) is 1. The van der Waals surface area contributed by atoms with E-state index in [1.165, 1.54) is 12.1 Å². The number of benzene rings is 1. The first-order valence-electron chi connectivity index (χ1n) is 4.00. The topological polar surface area (TPSA) is 38.0 Å². The van der Waals surface area contributed by atoms with Crippen molar-refractivity contribution < 1.29 is 4.39 Å². The van der Waals surface area contributed by atoms with Crippen molar-refractivity contribution in [1.82, 2.24) is 5.32 Å². The van der Waals surface area contributed by atoms with E-state index in [4.69, 9.17) is 17.3 Å². The highest BCUT2D eigenvalue weighted by atomic mass is 35.5. The van der Waals surface area contributed by atoms with Crippen LogP contribution in [-0.2, 0) is 0 Å². The first-order valence-corrected chi connectivity index (χ1v) is 4.38. The number of likely N-dealkylation sites (N-methyl/N-ethyl adjacent to an activating group) is 1. The SMILES string of the molecule is CNC(CN)c1cc(F)cc(Cl)c1. The summed E-state index contributed by atoms with van der Waals surface area (Å²) in [5, 5.41) is 3.36. The van der Waals surface area contributed by atoms with Crippen LogP contribution in [-0.4, -0.2) is 13.6 Å². The molecule has 0 aliphatic heterocycles. The van der Waals surface area contributed by atoms with Crippen molar-refractivity contribution in [3.63, 3.8) is 0 Å². The van der Waals surface area contributed by atoms with Crippen molar-refractivity contribution >= 4 is 11.6 Å². The molecule has 0 spiro atoms. The molecule has 1 aromatic carbocycles. The van der Waals surface area contributed by atoms with Gasteiger partial charge in [0, 0.05) is 17.6 Å². The first kappa shape index (κ1) is 10.4. The van der Waals surface area contributed by atoms with Gasteiger partial charge in [0.25, 0.3) is 0 Å². The summed E-state index contributed by atoms with van der Waals surface area (Å²) in [7, 11) is 1.77. The maximum Gasteiger partial charge on any atom is 0.125 e. The molecule has 1 aromatic rings. The van der Waals surface area contributed by atoms with Crippen LogP contribution in [0.4, 0.5) is 4.39 Å². The highest BCUT2D eigenvalue weighted by molar-refractivity contribution is 6.30. The van der Waals surface area contributed by atoms with E-state index in [1.54, 1.807) is 13.1 Å². The van der Waals surface area contributed by atoms with Crippen molar-refractivity contribution in [2.75, 3.05) is 13.6 Å². The Morgan fingerprint density at radius 1 is 1.54 bits per heavy atom. The first-order chi connectivity index (χ1) is 6.17. The fourth-order valence-corrected chi connectivity index (χ4v) is 1.43. The molecule has 0 saturated heterocycles. The van der Waals surface area contributed by atoms with Crippen LogP contribution in [0.2, 0.25) is 5.02 Å². The van der Waals surface area contributed by atoms with Crippen LogP contribution in [0.15, 0.2) is 18.2 Å². The van der Waals surface area contributed by atoms with E-state index in [-0.39, 0.29) is 11.9 Å². The molecule has 4 heteroatoms. The van der Waals surface area contributed by atoms with Crippen LogP contribution < -0.4 is 11.1 Å². The second-order valence-corrected chi connectivity index (χ2v) is 3.22. The summed E-state index contributed by atoms with van der Waals surface area (Å²) < 4.78 is 12.9. The van der Waals surface area contributed by atoms with Gasteiger partial charge in [-0.3, -0.25) is 0 Å². The monoisotopic (exact) mass is 202 g/mol. The van der Waals surface area contributed by atoms with Crippen LogP contribution in [0.3, 0.4) is 0 Å². The van der Waals surface area contributed by atoms with Crippen LogP contribution in [0.25, 0.3) is 0 Å². The van der Waals surface area contributed by atoms with Gasteiger partial charge in [-0.15, -0.1) is 0 Å². The maximum absolute atomic E-state index is 12.9. The molecule has 13 heavy (non-hydrogen) atoms. The predicted octanol–water partition coefficient (Wildman–Crippen LogP) is 1.70. The Morgan fingerprint density at radius 3 is 2.69 bits per heavy atom. The van der Waals surface area contributed by atoms with Crippen molar-refractivity contribution in [3.8, 4) is 0 Å². The van der Waals surface area contributed by atoms with Crippen molar-refractivity contribution in [1.29, 1.82) is 0 Å². The number of rotatable bonds is 3. The summed E-state index contributed by atoms with van der Waals surface area (Å²) in [4.78, 5) is 0. The minimum atomic E-state index is -0.337. The van der Waals surface area contributed by atoms with Crippen LogP contribution in [0.1, 0.15) is 11.6 Å². The molecular formula is C9H12ClFN2. The van der Waals surface area contributed by atoms with Gasteiger partial charge in [0.1, 0.15) is 5.82 Å². The lowest BCUT2D eigenvalue weighted by atomic mass is 10.1. The quantitative estimate of drug-likeness (QED) is 0.783. The van der Waals surface area contributed by atoms with E-state index in [2.05, 4.69) is 5.32 Å². The summed E-state index contributed by atoms with van der Waals surface area (Å²) >= 11 is 5.70. The zero-order valence-electron chi connectivity index (χ0n) is 7.35. The van der Waals surface area contributed by atoms with Gasteiger partial charge >= 0.3 is 0 Å². The van der Waals surface area contributed by atoms with E-state index in [9.17, 15) is 4.39 Å². The van der Waals surface area contributed by atoms with E-state index in [1.807, 2.05) is 0 Å². The van der Waals surface area contributed by atoms with Crippen LogP contribution in [0.5, 0.6) is 0 Å². The standard InChI is InChI=1S/C9H12ClFN2/c1-13-9(5-12)6-2-7(10)4-8(11)3-6/h2-4,9,13H,5,12H2,1H3. The third-order valence-electron chi connectivity index (χ3n) is 1.87. The molecule has 0 radical (unpaired) electrons. The molecule has 0 aromatic heterocycles. The van der Waals surface area contributed by atoms with E-state index < -0.39 is 0 Å². The Hall–Kier alpha value is -0.640. The van der Waals surface area contributed by atoms with Crippen LogP contribution >= 0.6 is 11.6 Å². The van der Waals surface area contributed by atoms with Gasteiger partial charge in [-0.2, -0.15) is 0 Å². The molecule has 0 amide bonds. The molecule has 72 valence electrons. The maximum atomic E-state index is 12.9. The van der Waals surface area contributed by atoms with Crippen molar-refractivity contribution in [2.24, 2.45) is 5.73 Å². The number of hydrogen-bond acceptors (Lipinski definition) is 2. The Labute approximate surface area is 81.9 Å². The highest BCUT2D eigenvalue weighted by Gasteiger charge is 2.08. The molecule has 0 aliphatic rings. The fourth-order valence-electron chi connectivity index (χ4n) is 1.20. The minimum Gasteiger partial charge on any atom is -0.329 e. The van der Waals surface area contributed by atoms with Gasteiger partial charge in [-0.25, -0.2) is 4.39 Å². The molecule has 1 atom stereocenters. The lowest BCUT2D eigenvalue weighted by Gasteiger charge is -2.14. The summed E-state index contributed by atoms with van der Waals surface area (Å²) in [6, 6.07) is 4.36. The summed E-state index contributed by atoms with van der Waals surface area (Å²) in [5.41, 5.74) is 6.26. The van der Waals surface area contributed by atoms with Gasteiger partial charge in [-0.05, 0) is 30.8 Å². The minimum absolute atomic E-state index is 0.0480. The molecule has 0 fully saturated rings. The van der Waals surface area contributed by atoms with Gasteiger partial charge in [0.15, 0.2) is 0 Å². The normalized spacial score (nSPS) is 12.9. The van der Waals surface area contributed by atoms with E-state index in [0.717, 1.165) is 5.56 Å². The number of hydrogen-bond donors (Lipinski definition) is 2. The largest absolute Gasteiger partial charge is 0.329 e. The molecule has 1 rings (SSSR count). The fraction of sp³-hybridized carbons (Fsp3) is 0.333. The van der Waals surface area contributed by atoms with Gasteiger partial charge in [0.05, 0.1) is 0 Å². The zero-order valence-corrected chi connectivity index (χ0v) is 8.11. The molecule has 0 aliphatic carbocycles. The summed E-state index contributed by atoms with van der Waals surface area (Å²) in [5.74, 6) is -0.337.